The van der Waals surface area contributed by atoms with Crippen molar-refractivity contribution in [3.8, 4) is 6.01 Å². The minimum absolute atomic E-state index is 0.0254. The van der Waals surface area contributed by atoms with Crippen LogP contribution >= 0.6 is 0 Å². The number of rotatable bonds is 8. The number of fused-ring (bicyclic) bond motifs is 1. The number of benzene rings is 1. The van der Waals surface area contributed by atoms with E-state index in [-0.39, 0.29) is 30.8 Å². The molecule has 3 aromatic rings. The number of hydrogen-bond acceptors (Lipinski definition) is 8. The molecule has 9 nitrogen and oxygen atoms in total. The van der Waals surface area contributed by atoms with E-state index in [2.05, 4.69) is 15.0 Å². The number of nitrogens with zero attached hydrogens (tertiary/aromatic N) is 4. The fraction of sp³-hybridized carbons (Fsp3) is 0.333. The van der Waals surface area contributed by atoms with Gasteiger partial charge in [-0.1, -0.05) is 24.3 Å². The fourth-order valence-corrected chi connectivity index (χ4v) is 2.63. The number of hydrogen-bond donors (Lipinski definition) is 2. The number of aliphatic hydroxyl groups is 1. The first-order valence-electron chi connectivity index (χ1n) is 8.47. The normalized spacial score (nSPS) is 10.9. The van der Waals surface area contributed by atoms with E-state index in [1.807, 2.05) is 28.8 Å². The predicted octanol–water partition coefficient (Wildman–Crippen LogP) is 0.933. The van der Waals surface area contributed by atoms with Gasteiger partial charge in [-0.25, -0.2) is 4.98 Å². The van der Waals surface area contributed by atoms with Crippen molar-refractivity contribution < 1.29 is 19.4 Å². The SMILES string of the molecule is COC(=O)Cc1cccc(Cn2cnc3c(N)nc(OCCCO)nc32)c1. The van der Waals surface area contributed by atoms with E-state index in [0.29, 0.717) is 30.7 Å². The molecule has 3 N–H and O–H groups in total. The summed E-state index contributed by atoms with van der Waals surface area (Å²) in [4.78, 5) is 24.2. The van der Waals surface area contributed by atoms with Gasteiger partial charge in [-0.15, -0.1) is 0 Å². The van der Waals surface area contributed by atoms with Crippen LogP contribution in [0.5, 0.6) is 6.01 Å². The number of carbonyl (C=O) groups excluding carboxylic acids is 1. The van der Waals surface area contributed by atoms with Crippen LogP contribution < -0.4 is 10.5 Å². The Hall–Kier alpha value is -3.20. The lowest BCUT2D eigenvalue weighted by molar-refractivity contribution is -0.139. The van der Waals surface area contributed by atoms with Gasteiger partial charge in [0.2, 0.25) is 0 Å². The summed E-state index contributed by atoms with van der Waals surface area (Å²) in [6.45, 7) is 0.820. The molecule has 0 aliphatic carbocycles. The number of anilines is 1. The highest BCUT2D eigenvalue weighted by molar-refractivity contribution is 5.82. The van der Waals surface area contributed by atoms with Crippen LogP contribution in [0, 0.1) is 0 Å². The Balaban J connectivity index is 1.84. The minimum atomic E-state index is -0.287. The Kier molecular flexibility index (Phi) is 5.82. The molecule has 0 fully saturated rings. The predicted molar refractivity (Wildman–Crippen MR) is 98.2 cm³/mol. The molecule has 0 aliphatic heterocycles. The first kappa shape index (κ1) is 18.6. The number of aliphatic hydroxyl groups excluding tert-OH is 1. The van der Waals surface area contributed by atoms with Crippen molar-refractivity contribution in [1.82, 2.24) is 19.5 Å². The van der Waals surface area contributed by atoms with Crippen LogP contribution in [0.25, 0.3) is 11.2 Å². The molecule has 9 heteroatoms. The number of ether oxygens (including phenoxy) is 2. The van der Waals surface area contributed by atoms with E-state index in [1.54, 1.807) is 6.33 Å². The van der Waals surface area contributed by atoms with E-state index in [1.165, 1.54) is 7.11 Å². The maximum absolute atomic E-state index is 11.5. The molecule has 3 rings (SSSR count). The number of esters is 1. The largest absolute Gasteiger partial charge is 0.469 e. The van der Waals surface area contributed by atoms with Gasteiger partial charge in [0.05, 0.1) is 33.0 Å². The first-order valence-corrected chi connectivity index (χ1v) is 8.47. The molecule has 0 atom stereocenters. The lowest BCUT2D eigenvalue weighted by Gasteiger charge is -2.08. The smallest absolute Gasteiger partial charge is 0.320 e. The highest BCUT2D eigenvalue weighted by atomic mass is 16.5. The second-order valence-corrected chi connectivity index (χ2v) is 5.93. The maximum Gasteiger partial charge on any atom is 0.320 e. The number of methoxy groups -OCH3 is 1. The van der Waals surface area contributed by atoms with Gasteiger partial charge in [-0.2, -0.15) is 9.97 Å². The summed E-state index contributed by atoms with van der Waals surface area (Å²) in [5, 5.41) is 8.85. The molecule has 0 saturated carbocycles. The van der Waals surface area contributed by atoms with E-state index >= 15 is 0 Å². The zero-order valence-electron chi connectivity index (χ0n) is 15.0. The Morgan fingerprint density at radius 1 is 1.30 bits per heavy atom. The van der Waals surface area contributed by atoms with Crippen molar-refractivity contribution in [2.45, 2.75) is 19.4 Å². The van der Waals surface area contributed by atoms with E-state index in [9.17, 15) is 4.79 Å². The lowest BCUT2D eigenvalue weighted by Crippen LogP contribution is -2.07. The average molecular weight is 371 g/mol. The Morgan fingerprint density at radius 3 is 2.89 bits per heavy atom. The molecular formula is C18H21N5O4. The number of imidazole rings is 1. The molecule has 0 bridgehead atoms. The monoisotopic (exact) mass is 371 g/mol. The van der Waals surface area contributed by atoms with Crippen molar-refractivity contribution in [1.29, 1.82) is 0 Å². The zero-order chi connectivity index (χ0) is 19.2. The van der Waals surface area contributed by atoms with Gasteiger partial charge in [0.15, 0.2) is 17.0 Å². The van der Waals surface area contributed by atoms with Gasteiger partial charge in [-0.05, 0) is 11.1 Å². The number of nitrogens with two attached hydrogens (primary N) is 1. The van der Waals surface area contributed by atoms with Crippen LogP contribution in [0.4, 0.5) is 5.82 Å². The molecule has 27 heavy (non-hydrogen) atoms. The summed E-state index contributed by atoms with van der Waals surface area (Å²) in [6, 6.07) is 7.80. The zero-order valence-corrected chi connectivity index (χ0v) is 15.0. The molecule has 0 saturated heterocycles. The summed E-state index contributed by atoms with van der Waals surface area (Å²) >= 11 is 0. The van der Waals surface area contributed by atoms with Crippen LogP contribution in [0.3, 0.4) is 0 Å². The van der Waals surface area contributed by atoms with Crippen molar-refractivity contribution in [2.24, 2.45) is 0 Å². The quantitative estimate of drug-likeness (QED) is 0.442. The Morgan fingerprint density at radius 2 is 2.11 bits per heavy atom. The highest BCUT2D eigenvalue weighted by Gasteiger charge is 2.13. The van der Waals surface area contributed by atoms with E-state index in [4.69, 9.17) is 20.3 Å². The highest BCUT2D eigenvalue weighted by Crippen LogP contribution is 2.20. The van der Waals surface area contributed by atoms with Gasteiger partial charge in [0.1, 0.15) is 0 Å². The molecule has 2 heterocycles. The van der Waals surface area contributed by atoms with Crippen molar-refractivity contribution in [3.63, 3.8) is 0 Å². The summed E-state index contributed by atoms with van der Waals surface area (Å²) in [6.07, 6.45) is 2.33. The Labute approximate surface area is 155 Å². The summed E-state index contributed by atoms with van der Waals surface area (Å²) in [5.41, 5.74) is 8.85. The van der Waals surface area contributed by atoms with Crippen molar-refractivity contribution in [3.05, 3.63) is 41.7 Å². The van der Waals surface area contributed by atoms with Crippen LogP contribution in [0.1, 0.15) is 17.5 Å². The topological polar surface area (TPSA) is 125 Å². The molecule has 0 unspecified atom stereocenters. The standard InChI is InChI=1S/C18H21N5O4/c1-26-14(25)9-12-4-2-5-13(8-12)10-23-11-20-15-16(19)21-18(22-17(15)23)27-7-3-6-24/h2,4-5,8,11,24H,3,6-7,9-10H2,1H3,(H2,19,21,22). The van der Waals surface area contributed by atoms with Crippen molar-refractivity contribution in [2.75, 3.05) is 26.1 Å². The summed E-state index contributed by atoms with van der Waals surface area (Å²) in [7, 11) is 1.37. The third kappa shape index (κ3) is 4.50. The second-order valence-electron chi connectivity index (χ2n) is 5.93. The molecule has 0 amide bonds. The molecule has 0 spiro atoms. The molecular weight excluding hydrogens is 350 g/mol. The number of aromatic nitrogens is 4. The molecule has 142 valence electrons. The van der Waals surface area contributed by atoms with Crippen LogP contribution in [-0.4, -0.2) is 50.9 Å². The van der Waals surface area contributed by atoms with Gasteiger partial charge in [0.25, 0.3) is 0 Å². The average Bonchev–Trinajstić information content (AvgIpc) is 3.05. The number of carbonyl (C=O) groups is 1. The third-order valence-electron chi connectivity index (χ3n) is 3.92. The third-order valence-corrected chi connectivity index (χ3v) is 3.92. The second kappa shape index (κ2) is 8.45. The van der Waals surface area contributed by atoms with Gasteiger partial charge in [0, 0.05) is 13.0 Å². The van der Waals surface area contributed by atoms with Crippen LogP contribution in [-0.2, 0) is 22.5 Å². The molecule has 0 radical (unpaired) electrons. The summed E-state index contributed by atoms with van der Waals surface area (Å²) < 4.78 is 12.0. The lowest BCUT2D eigenvalue weighted by atomic mass is 10.1. The first-order chi connectivity index (χ1) is 13.1. The molecule has 0 aliphatic rings. The molecule has 2 aromatic heterocycles. The minimum Gasteiger partial charge on any atom is -0.469 e. The van der Waals surface area contributed by atoms with Gasteiger partial charge < -0.3 is 24.9 Å². The van der Waals surface area contributed by atoms with Crippen molar-refractivity contribution >= 4 is 23.0 Å². The summed E-state index contributed by atoms with van der Waals surface area (Å²) in [5.74, 6) is -0.0531. The van der Waals surface area contributed by atoms with Gasteiger partial charge in [-0.3, -0.25) is 4.79 Å². The van der Waals surface area contributed by atoms with Crippen LogP contribution in [0.15, 0.2) is 30.6 Å². The fourth-order valence-electron chi connectivity index (χ4n) is 2.63. The number of nitrogen functional groups attached to an aromatic ring is 1. The van der Waals surface area contributed by atoms with E-state index in [0.717, 1.165) is 11.1 Å². The Bertz CT molecular complexity index is 941. The van der Waals surface area contributed by atoms with Gasteiger partial charge >= 0.3 is 12.0 Å². The maximum atomic E-state index is 11.5. The molecule has 1 aromatic carbocycles. The van der Waals surface area contributed by atoms with E-state index < -0.39 is 0 Å². The van der Waals surface area contributed by atoms with Crippen LogP contribution in [0.2, 0.25) is 0 Å².